The van der Waals surface area contributed by atoms with Gasteiger partial charge in [-0.2, -0.15) is 46.7 Å². The molecule has 66 heavy (non-hydrogen) atoms. The lowest BCUT2D eigenvalue weighted by atomic mass is 9.97. The molecule has 2 aliphatic carbocycles. The van der Waals surface area contributed by atoms with Crippen molar-refractivity contribution in [3.63, 3.8) is 0 Å². The highest BCUT2D eigenvalue weighted by atomic mass is 32.2. The largest absolute Gasteiger partial charge is 0.416 e. The summed E-state index contributed by atoms with van der Waals surface area (Å²) in [6, 6.07) is 15.3. The molecule has 6 aromatic rings. The van der Waals surface area contributed by atoms with E-state index in [4.69, 9.17) is 0 Å². The summed E-state index contributed by atoms with van der Waals surface area (Å²) >= 11 is 3.39. The Morgan fingerprint density at radius 3 is 1.33 bits per heavy atom. The molecule has 4 atom stereocenters. The molecule has 0 radical (unpaired) electrons. The lowest BCUT2D eigenvalue weighted by molar-refractivity contribution is -0.138. The maximum atomic E-state index is 12.8. The van der Waals surface area contributed by atoms with Crippen LogP contribution in [0.2, 0.25) is 0 Å². The standard InChI is InChI=1S/2C23H25F3N6S/c2*1-31-20(17-7-9-27-28-14-17)29-30-21(31)33-12-2-10-32-11-8-22(15-32)13-19(22)16-3-5-18(6-4-16)23(24,25)26/h2*3-7,9,14,19H,2,8,10-13,15H2,1H3/t2*19-,22+/m10/s1. The molecule has 10 rings (SSSR count). The summed E-state index contributed by atoms with van der Waals surface area (Å²) in [6.45, 7) is 6.23. The van der Waals surface area contributed by atoms with Crippen molar-refractivity contribution in [1.29, 1.82) is 0 Å². The Balaban J connectivity index is 0.000000166. The van der Waals surface area contributed by atoms with Crippen molar-refractivity contribution >= 4 is 23.5 Å². The van der Waals surface area contributed by atoms with Crippen LogP contribution in [-0.2, 0) is 26.4 Å². The summed E-state index contributed by atoms with van der Waals surface area (Å²) in [5, 5.41) is 34.3. The summed E-state index contributed by atoms with van der Waals surface area (Å²) in [5.74, 6) is 4.23. The third-order valence-corrected chi connectivity index (χ3v) is 15.9. The van der Waals surface area contributed by atoms with Crippen molar-refractivity contribution in [3.05, 3.63) is 108 Å². The van der Waals surface area contributed by atoms with E-state index in [0.29, 0.717) is 11.8 Å². The molecule has 4 fully saturated rings. The fourth-order valence-corrected chi connectivity index (χ4v) is 11.5. The van der Waals surface area contributed by atoms with Gasteiger partial charge in [-0.3, -0.25) is 0 Å². The van der Waals surface area contributed by atoms with Crippen molar-refractivity contribution in [2.45, 2.75) is 73.0 Å². The normalized spacial score (nSPS) is 22.8. The van der Waals surface area contributed by atoms with Gasteiger partial charge in [-0.25, -0.2) is 0 Å². The Bertz CT molecular complexity index is 2380. The lowest BCUT2D eigenvalue weighted by Crippen LogP contribution is -2.23. The number of hydrogen-bond acceptors (Lipinski definition) is 12. The second-order valence-electron chi connectivity index (χ2n) is 17.9. The van der Waals surface area contributed by atoms with Gasteiger partial charge in [0.05, 0.1) is 35.9 Å². The molecule has 2 saturated heterocycles. The maximum absolute atomic E-state index is 12.8. The number of rotatable bonds is 14. The van der Waals surface area contributed by atoms with E-state index in [1.807, 2.05) is 35.4 Å². The number of nitrogens with zero attached hydrogens (tertiary/aromatic N) is 12. The minimum atomic E-state index is -4.27. The van der Waals surface area contributed by atoms with Crippen molar-refractivity contribution in [2.75, 3.05) is 50.8 Å². The summed E-state index contributed by atoms with van der Waals surface area (Å²) in [4.78, 5) is 4.99. The Kier molecular flexibility index (Phi) is 13.3. The highest BCUT2D eigenvalue weighted by Crippen LogP contribution is 2.65. The second kappa shape index (κ2) is 19.0. The van der Waals surface area contributed by atoms with Crippen molar-refractivity contribution < 1.29 is 26.3 Å². The monoisotopic (exact) mass is 948 g/mol. The van der Waals surface area contributed by atoms with Gasteiger partial charge in [0.1, 0.15) is 0 Å². The molecule has 0 amide bonds. The van der Waals surface area contributed by atoms with E-state index < -0.39 is 23.5 Å². The molecule has 2 aliphatic heterocycles. The predicted octanol–water partition coefficient (Wildman–Crippen LogP) is 9.31. The number of benzene rings is 2. The third kappa shape index (κ3) is 10.3. The van der Waals surface area contributed by atoms with Crippen LogP contribution in [0.4, 0.5) is 26.3 Å². The smallest absolute Gasteiger partial charge is 0.305 e. The zero-order valence-electron chi connectivity index (χ0n) is 36.6. The molecule has 2 aromatic carbocycles. The molecule has 20 heteroatoms. The Morgan fingerprint density at radius 1 is 0.561 bits per heavy atom. The zero-order valence-corrected chi connectivity index (χ0v) is 38.2. The molecular weight excluding hydrogens is 899 g/mol. The van der Waals surface area contributed by atoms with E-state index in [-0.39, 0.29) is 10.8 Å². The molecule has 2 saturated carbocycles. The van der Waals surface area contributed by atoms with Gasteiger partial charge in [0, 0.05) is 49.8 Å². The molecule has 0 N–H and O–H groups in total. The van der Waals surface area contributed by atoms with Gasteiger partial charge in [-0.15, -0.1) is 20.4 Å². The van der Waals surface area contributed by atoms with Gasteiger partial charge in [0.2, 0.25) is 0 Å². The van der Waals surface area contributed by atoms with Gasteiger partial charge in [-0.05, 0) is 135 Å². The van der Waals surface area contributed by atoms with Crippen LogP contribution in [0.15, 0.2) is 95.8 Å². The molecule has 4 aromatic heterocycles. The molecule has 6 heterocycles. The molecule has 0 bridgehead atoms. The van der Waals surface area contributed by atoms with Crippen LogP contribution in [-0.4, -0.2) is 110 Å². The Morgan fingerprint density at radius 2 is 0.970 bits per heavy atom. The number of hydrogen-bond donors (Lipinski definition) is 0. The minimum absolute atomic E-state index is 0.254. The van der Waals surface area contributed by atoms with E-state index in [9.17, 15) is 26.3 Å². The quantitative estimate of drug-likeness (QED) is 0.0588. The summed E-state index contributed by atoms with van der Waals surface area (Å²) < 4.78 is 80.9. The molecule has 0 unspecified atom stereocenters. The third-order valence-electron chi connectivity index (χ3n) is 13.6. The molecule has 4 aliphatic rings. The van der Waals surface area contributed by atoms with Gasteiger partial charge < -0.3 is 18.9 Å². The van der Waals surface area contributed by atoms with Gasteiger partial charge >= 0.3 is 12.4 Å². The Hall–Kier alpha value is -4.92. The van der Waals surface area contributed by atoms with Crippen LogP contribution < -0.4 is 0 Å². The first-order valence-electron chi connectivity index (χ1n) is 22.1. The highest BCUT2D eigenvalue weighted by molar-refractivity contribution is 7.99. The lowest BCUT2D eigenvalue weighted by Gasteiger charge is -2.16. The van der Waals surface area contributed by atoms with Crippen molar-refractivity contribution in [1.82, 2.24) is 59.7 Å². The van der Waals surface area contributed by atoms with Crippen molar-refractivity contribution in [2.24, 2.45) is 24.9 Å². The SMILES string of the molecule is Cn1c(SCCCN2CC[C@@]3(C[C@H]3c3ccc(C(F)(F)F)cc3)C2)nnc1-c1ccnnc1.Cn1c(SCCCN2CC[C@]3(C[C@@H]3c3ccc(C(F)(F)F)cc3)C2)nnc1-c1ccnnc1. The van der Waals surface area contributed by atoms with Crippen LogP contribution >= 0.6 is 23.5 Å². The maximum Gasteiger partial charge on any atom is 0.416 e. The Labute approximate surface area is 387 Å². The number of thioether (sulfide) groups is 2. The van der Waals surface area contributed by atoms with Gasteiger partial charge in [0.25, 0.3) is 0 Å². The number of aromatic nitrogens is 10. The van der Waals surface area contributed by atoms with Gasteiger partial charge in [0.15, 0.2) is 22.0 Å². The van der Waals surface area contributed by atoms with Crippen LogP contribution in [0, 0.1) is 10.8 Å². The van der Waals surface area contributed by atoms with Crippen LogP contribution in [0.1, 0.15) is 72.6 Å². The fraction of sp³-hybridized carbons (Fsp3) is 0.478. The van der Waals surface area contributed by atoms with Crippen LogP contribution in [0.5, 0.6) is 0 Å². The topological polar surface area (TPSA) is 119 Å². The molecule has 2 spiro atoms. The number of likely N-dealkylation sites (tertiary alicyclic amines) is 2. The number of alkyl halides is 6. The summed E-state index contributed by atoms with van der Waals surface area (Å²) in [6.07, 6.45) is 4.59. The first kappa shape index (κ1) is 46.2. The average molecular weight is 949 g/mol. The van der Waals surface area contributed by atoms with E-state index >= 15 is 0 Å². The molecule has 348 valence electrons. The number of halogens is 6. The summed E-state index contributed by atoms with van der Waals surface area (Å²) in [7, 11) is 3.91. The first-order valence-corrected chi connectivity index (χ1v) is 24.1. The minimum Gasteiger partial charge on any atom is -0.305 e. The average Bonchev–Trinajstić information content (AvgIpc) is 3.85. The van der Waals surface area contributed by atoms with E-state index in [0.717, 1.165) is 134 Å². The summed E-state index contributed by atoms with van der Waals surface area (Å²) in [5.41, 5.74) is 3.24. The van der Waals surface area contributed by atoms with E-state index in [2.05, 4.69) is 50.6 Å². The highest BCUT2D eigenvalue weighted by Gasteiger charge is 2.58. The second-order valence-corrected chi connectivity index (χ2v) is 20.1. The van der Waals surface area contributed by atoms with Crippen LogP contribution in [0.25, 0.3) is 22.8 Å². The van der Waals surface area contributed by atoms with Crippen LogP contribution in [0.3, 0.4) is 0 Å². The molecular formula is C46H50F6N12S2. The van der Waals surface area contributed by atoms with Gasteiger partial charge in [-0.1, -0.05) is 47.8 Å². The van der Waals surface area contributed by atoms with E-state index in [1.54, 1.807) is 72.6 Å². The predicted molar refractivity (Wildman–Crippen MR) is 239 cm³/mol. The zero-order chi connectivity index (χ0) is 46.1. The fourth-order valence-electron chi connectivity index (χ4n) is 9.83. The molecule has 12 nitrogen and oxygen atoms in total. The van der Waals surface area contributed by atoms with Crippen molar-refractivity contribution in [3.8, 4) is 22.8 Å². The first-order chi connectivity index (χ1) is 31.7. The van der Waals surface area contributed by atoms with E-state index in [1.165, 1.54) is 24.3 Å².